The standard InChI is InChI=1S/C14H15IN2O/c1-3-12-14(6-4-9(2)17-12)18-13-7-5-10(15)8-11(13)16/h4-8H,3,16H2,1-2H3. The number of benzene rings is 1. The van der Waals surface area contributed by atoms with Crippen LogP contribution in [0.4, 0.5) is 5.69 Å². The number of pyridine rings is 1. The number of anilines is 1. The van der Waals surface area contributed by atoms with Gasteiger partial charge in [-0.3, -0.25) is 4.98 Å². The molecule has 3 nitrogen and oxygen atoms in total. The van der Waals surface area contributed by atoms with Gasteiger partial charge < -0.3 is 10.5 Å². The Hall–Kier alpha value is -1.30. The molecule has 1 aromatic carbocycles. The van der Waals surface area contributed by atoms with E-state index in [4.69, 9.17) is 10.5 Å². The van der Waals surface area contributed by atoms with Crippen molar-refractivity contribution >= 4 is 28.3 Å². The SMILES string of the molecule is CCc1nc(C)ccc1Oc1ccc(I)cc1N. The molecule has 18 heavy (non-hydrogen) atoms. The highest BCUT2D eigenvalue weighted by Gasteiger charge is 2.07. The van der Waals surface area contributed by atoms with Crippen LogP contribution in [-0.2, 0) is 6.42 Å². The van der Waals surface area contributed by atoms with Crippen LogP contribution in [0.2, 0.25) is 0 Å². The fraction of sp³-hybridized carbons (Fsp3) is 0.214. The van der Waals surface area contributed by atoms with Crippen LogP contribution in [0.25, 0.3) is 0 Å². The summed E-state index contributed by atoms with van der Waals surface area (Å²) >= 11 is 2.22. The summed E-state index contributed by atoms with van der Waals surface area (Å²) in [6, 6.07) is 9.63. The summed E-state index contributed by atoms with van der Waals surface area (Å²) in [5.74, 6) is 1.45. The van der Waals surface area contributed by atoms with E-state index in [1.807, 2.05) is 37.3 Å². The minimum absolute atomic E-state index is 0.643. The van der Waals surface area contributed by atoms with Crippen LogP contribution in [0.15, 0.2) is 30.3 Å². The number of rotatable bonds is 3. The average Bonchev–Trinajstić information content (AvgIpc) is 2.34. The minimum Gasteiger partial charge on any atom is -0.453 e. The monoisotopic (exact) mass is 354 g/mol. The molecule has 0 saturated heterocycles. The first-order chi connectivity index (χ1) is 8.60. The first kappa shape index (κ1) is 13.1. The molecule has 1 aromatic heterocycles. The number of aryl methyl sites for hydroxylation is 2. The summed E-state index contributed by atoms with van der Waals surface area (Å²) in [7, 11) is 0. The van der Waals surface area contributed by atoms with Crippen molar-refractivity contribution in [3.05, 3.63) is 45.3 Å². The van der Waals surface area contributed by atoms with Gasteiger partial charge in [-0.25, -0.2) is 0 Å². The zero-order chi connectivity index (χ0) is 13.1. The topological polar surface area (TPSA) is 48.1 Å². The van der Waals surface area contributed by atoms with Gasteiger partial charge in [0.25, 0.3) is 0 Å². The Balaban J connectivity index is 2.33. The number of hydrogen-bond donors (Lipinski definition) is 1. The maximum Gasteiger partial charge on any atom is 0.150 e. The van der Waals surface area contributed by atoms with Crippen molar-refractivity contribution in [1.82, 2.24) is 4.98 Å². The predicted octanol–water partition coefficient (Wildman–Crippen LogP) is 3.93. The smallest absolute Gasteiger partial charge is 0.150 e. The fourth-order valence-corrected chi connectivity index (χ4v) is 2.19. The second-order valence-corrected chi connectivity index (χ2v) is 5.28. The van der Waals surface area contributed by atoms with Crippen LogP contribution in [0.5, 0.6) is 11.5 Å². The number of aromatic nitrogens is 1. The van der Waals surface area contributed by atoms with Gasteiger partial charge in [0.05, 0.1) is 11.4 Å². The van der Waals surface area contributed by atoms with Gasteiger partial charge in [0, 0.05) is 9.26 Å². The number of ether oxygens (including phenoxy) is 1. The van der Waals surface area contributed by atoms with E-state index < -0.39 is 0 Å². The first-order valence-corrected chi connectivity index (χ1v) is 6.87. The molecule has 0 amide bonds. The Kier molecular flexibility index (Phi) is 4.06. The number of halogens is 1. The molecule has 2 N–H and O–H groups in total. The molecule has 0 atom stereocenters. The molecule has 0 aliphatic carbocycles. The van der Waals surface area contributed by atoms with Crippen molar-refractivity contribution in [2.24, 2.45) is 0 Å². The number of nitrogen functional groups attached to an aromatic ring is 1. The third-order valence-corrected chi connectivity index (χ3v) is 3.27. The van der Waals surface area contributed by atoms with Crippen LogP contribution >= 0.6 is 22.6 Å². The van der Waals surface area contributed by atoms with Gasteiger partial charge in [0.2, 0.25) is 0 Å². The summed E-state index contributed by atoms with van der Waals surface area (Å²) in [6.07, 6.45) is 0.835. The van der Waals surface area contributed by atoms with Crippen LogP contribution < -0.4 is 10.5 Å². The predicted molar refractivity (Wildman–Crippen MR) is 82.0 cm³/mol. The highest BCUT2D eigenvalue weighted by Crippen LogP contribution is 2.30. The molecule has 0 unspecified atom stereocenters. The lowest BCUT2D eigenvalue weighted by atomic mass is 10.2. The van der Waals surface area contributed by atoms with Gasteiger partial charge in [0.1, 0.15) is 11.5 Å². The van der Waals surface area contributed by atoms with E-state index in [1.165, 1.54) is 0 Å². The largest absolute Gasteiger partial charge is 0.453 e. The Morgan fingerprint density at radius 3 is 2.61 bits per heavy atom. The van der Waals surface area contributed by atoms with Crippen molar-refractivity contribution in [2.75, 3.05) is 5.73 Å². The summed E-state index contributed by atoms with van der Waals surface area (Å²) in [6.45, 7) is 4.04. The quantitative estimate of drug-likeness (QED) is 0.671. The van der Waals surface area contributed by atoms with Gasteiger partial charge in [-0.15, -0.1) is 0 Å². The van der Waals surface area contributed by atoms with Crippen LogP contribution in [-0.4, -0.2) is 4.98 Å². The third-order valence-electron chi connectivity index (χ3n) is 2.60. The lowest BCUT2D eigenvalue weighted by Gasteiger charge is -2.12. The number of nitrogens with zero attached hydrogens (tertiary/aromatic N) is 1. The molecule has 0 saturated carbocycles. The summed E-state index contributed by atoms with van der Waals surface area (Å²) in [4.78, 5) is 4.47. The number of hydrogen-bond acceptors (Lipinski definition) is 3. The summed E-state index contributed by atoms with van der Waals surface area (Å²) in [5, 5.41) is 0. The van der Waals surface area contributed by atoms with Gasteiger partial charge in [-0.2, -0.15) is 0 Å². The molecule has 0 spiro atoms. The first-order valence-electron chi connectivity index (χ1n) is 5.79. The average molecular weight is 354 g/mol. The minimum atomic E-state index is 0.643. The molecule has 0 bridgehead atoms. The van der Waals surface area contributed by atoms with Gasteiger partial charge in [0.15, 0.2) is 0 Å². The van der Waals surface area contributed by atoms with E-state index in [-0.39, 0.29) is 0 Å². The second-order valence-electron chi connectivity index (χ2n) is 4.04. The Morgan fingerprint density at radius 2 is 1.94 bits per heavy atom. The molecule has 0 radical (unpaired) electrons. The van der Waals surface area contributed by atoms with Gasteiger partial charge in [-0.05, 0) is 66.3 Å². The molecule has 4 heteroatoms. The summed E-state index contributed by atoms with van der Waals surface area (Å²) in [5.41, 5.74) is 8.53. The van der Waals surface area contributed by atoms with E-state index in [0.29, 0.717) is 11.4 Å². The van der Waals surface area contributed by atoms with E-state index in [2.05, 4.69) is 34.5 Å². The van der Waals surface area contributed by atoms with Crippen LogP contribution in [0.1, 0.15) is 18.3 Å². The molecule has 0 fully saturated rings. The molecule has 0 aliphatic heterocycles. The van der Waals surface area contributed by atoms with E-state index in [1.54, 1.807) is 0 Å². The summed E-state index contributed by atoms with van der Waals surface area (Å²) < 4.78 is 6.94. The Morgan fingerprint density at radius 1 is 1.22 bits per heavy atom. The van der Waals surface area contributed by atoms with E-state index in [9.17, 15) is 0 Å². The van der Waals surface area contributed by atoms with Crippen molar-refractivity contribution < 1.29 is 4.74 Å². The zero-order valence-electron chi connectivity index (χ0n) is 10.4. The fourth-order valence-electron chi connectivity index (χ4n) is 1.67. The molecule has 2 aromatic rings. The van der Waals surface area contributed by atoms with Gasteiger partial charge in [-0.1, -0.05) is 6.92 Å². The highest BCUT2D eigenvalue weighted by atomic mass is 127. The molecule has 94 valence electrons. The molecule has 0 aliphatic rings. The lowest BCUT2D eigenvalue weighted by molar-refractivity contribution is 0.475. The Labute approximate surface area is 121 Å². The van der Waals surface area contributed by atoms with Crippen molar-refractivity contribution in [2.45, 2.75) is 20.3 Å². The van der Waals surface area contributed by atoms with Crippen molar-refractivity contribution in [3.8, 4) is 11.5 Å². The number of nitrogens with two attached hydrogens (primary N) is 1. The highest BCUT2D eigenvalue weighted by molar-refractivity contribution is 14.1. The lowest BCUT2D eigenvalue weighted by Crippen LogP contribution is -1.98. The van der Waals surface area contributed by atoms with E-state index >= 15 is 0 Å². The van der Waals surface area contributed by atoms with Crippen molar-refractivity contribution in [1.29, 1.82) is 0 Å². The molecule has 2 rings (SSSR count). The van der Waals surface area contributed by atoms with Gasteiger partial charge >= 0.3 is 0 Å². The second kappa shape index (κ2) is 5.56. The van der Waals surface area contributed by atoms with Crippen LogP contribution in [0.3, 0.4) is 0 Å². The maximum absolute atomic E-state index is 5.94. The van der Waals surface area contributed by atoms with Crippen LogP contribution in [0, 0.1) is 10.5 Å². The molecular formula is C14H15IN2O. The normalized spacial score (nSPS) is 10.4. The third kappa shape index (κ3) is 2.93. The molecule has 1 heterocycles. The molecular weight excluding hydrogens is 339 g/mol. The Bertz CT molecular complexity index is 570. The van der Waals surface area contributed by atoms with Crippen molar-refractivity contribution in [3.63, 3.8) is 0 Å². The van der Waals surface area contributed by atoms with E-state index in [0.717, 1.165) is 27.1 Å². The zero-order valence-corrected chi connectivity index (χ0v) is 12.6. The maximum atomic E-state index is 5.94.